The predicted octanol–water partition coefficient (Wildman–Crippen LogP) is 3.17. The molecule has 18 heavy (non-hydrogen) atoms. The van der Waals surface area contributed by atoms with Gasteiger partial charge in [0.15, 0.2) is 0 Å². The summed E-state index contributed by atoms with van der Waals surface area (Å²) in [5, 5.41) is 12.6. The highest BCUT2D eigenvalue weighted by molar-refractivity contribution is 5.03. The third-order valence-corrected chi connectivity index (χ3v) is 4.08. The lowest BCUT2D eigenvalue weighted by molar-refractivity contribution is 0.145. The topological polar surface area (TPSA) is 39.1 Å². The van der Waals surface area contributed by atoms with Crippen LogP contribution < -0.4 is 5.32 Å². The molecule has 0 amide bonds. The van der Waals surface area contributed by atoms with Gasteiger partial charge in [0.1, 0.15) is 5.54 Å². The Bertz CT molecular complexity index is 267. The van der Waals surface area contributed by atoms with E-state index in [9.17, 15) is 5.26 Å². The molecule has 0 aromatic rings. The van der Waals surface area contributed by atoms with Crippen molar-refractivity contribution in [2.75, 3.05) is 20.1 Å². The van der Waals surface area contributed by atoms with Crippen molar-refractivity contribution in [3.8, 4) is 6.07 Å². The van der Waals surface area contributed by atoms with E-state index in [1.807, 2.05) is 6.92 Å². The SMILES string of the molecule is CCCNC(C)(C#N)CCCN(C)C(C)(C)CC. The molecule has 0 heterocycles. The van der Waals surface area contributed by atoms with Crippen molar-refractivity contribution in [1.29, 1.82) is 5.26 Å². The molecule has 106 valence electrons. The van der Waals surface area contributed by atoms with Gasteiger partial charge in [0.05, 0.1) is 6.07 Å². The Morgan fingerprint density at radius 3 is 2.28 bits per heavy atom. The van der Waals surface area contributed by atoms with Gasteiger partial charge in [-0.25, -0.2) is 0 Å². The maximum absolute atomic E-state index is 9.26. The molecule has 0 aromatic heterocycles. The van der Waals surface area contributed by atoms with Crippen molar-refractivity contribution < 1.29 is 0 Å². The summed E-state index contributed by atoms with van der Waals surface area (Å²) < 4.78 is 0. The fraction of sp³-hybridized carbons (Fsp3) is 0.933. The number of nitriles is 1. The van der Waals surface area contributed by atoms with Crippen LogP contribution in [0.25, 0.3) is 0 Å². The molecule has 0 fully saturated rings. The van der Waals surface area contributed by atoms with Crippen LogP contribution in [0.2, 0.25) is 0 Å². The fourth-order valence-electron chi connectivity index (χ4n) is 1.83. The smallest absolute Gasteiger partial charge is 0.103 e. The van der Waals surface area contributed by atoms with E-state index in [2.05, 4.69) is 51.0 Å². The van der Waals surface area contributed by atoms with Crippen LogP contribution in [-0.4, -0.2) is 36.1 Å². The first-order valence-corrected chi connectivity index (χ1v) is 7.19. The van der Waals surface area contributed by atoms with Crippen LogP contribution in [0.4, 0.5) is 0 Å². The average Bonchev–Trinajstić information content (AvgIpc) is 2.36. The third-order valence-electron chi connectivity index (χ3n) is 4.08. The molecule has 0 aliphatic heterocycles. The molecule has 0 saturated carbocycles. The van der Waals surface area contributed by atoms with Crippen molar-refractivity contribution >= 4 is 0 Å². The highest BCUT2D eigenvalue weighted by atomic mass is 15.2. The van der Waals surface area contributed by atoms with Crippen molar-refractivity contribution in [1.82, 2.24) is 10.2 Å². The van der Waals surface area contributed by atoms with Crippen LogP contribution in [0.3, 0.4) is 0 Å². The van der Waals surface area contributed by atoms with E-state index < -0.39 is 0 Å². The van der Waals surface area contributed by atoms with E-state index in [0.717, 1.165) is 38.8 Å². The van der Waals surface area contributed by atoms with E-state index in [1.165, 1.54) is 0 Å². The van der Waals surface area contributed by atoms with Gasteiger partial charge < -0.3 is 4.90 Å². The summed E-state index contributed by atoms with van der Waals surface area (Å²) in [4.78, 5) is 2.39. The summed E-state index contributed by atoms with van der Waals surface area (Å²) >= 11 is 0. The lowest BCUT2D eigenvalue weighted by Gasteiger charge is -2.35. The first kappa shape index (κ1) is 17.4. The van der Waals surface area contributed by atoms with Gasteiger partial charge in [-0.1, -0.05) is 13.8 Å². The lowest BCUT2D eigenvalue weighted by Crippen LogP contribution is -2.44. The van der Waals surface area contributed by atoms with Crippen LogP contribution >= 0.6 is 0 Å². The van der Waals surface area contributed by atoms with Crippen LogP contribution in [0.15, 0.2) is 0 Å². The molecular formula is C15H31N3. The van der Waals surface area contributed by atoms with Gasteiger partial charge in [-0.2, -0.15) is 5.26 Å². The largest absolute Gasteiger partial charge is 0.301 e. The molecular weight excluding hydrogens is 222 g/mol. The van der Waals surface area contributed by atoms with Crippen molar-refractivity contribution in [2.24, 2.45) is 0 Å². The maximum atomic E-state index is 9.26. The molecule has 0 saturated heterocycles. The number of hydrogen-bond donors (Lipinski definition) is 1. The van der Waals surface area contributed by atoms with Crippen molar-refractivity contribution in [3.63, 3.8) is 0 Å². The van der Waals surface area contributed by atoms with E-state index in [1.54, 1.807) is 0 Å². The number of nitrogens with one attached hydrogen (secondary N) is 1. The minimum absolute atomic E-state index is 0.250. The van der Waals surface area contributed by atoms with Gasteiger partial charge >= 0.3 is 0 Å². The summed E-state index contributed by atoms with van der Waals surface area (Å²) in [5.41, 5.74) is -0.118. The minimum atomic E-state index is -0.368. The second kappa shape index (κ2) is 7.76. The summed E-state index contributed by atoms with van der Waals surface area (Å²) in [6.07, 6.45) is 4.18. The van der Waals surface area contributed by atoms with E-state index >= 15 is 0 Å². The molecule has 0 spiro atoms. The zero-order valence-electron chi connectivity index (χ0n) is 13.1. The van der Waals surface area contributed by atoms with Crippen molar-refractivity contribution in [3.05, 3.63) is 0 Å². The zero-order valence-corrected chi connectivity index (χ0v) is 13.1. The van der Waals surface area contributed by atoms with E-state index in [-0.39, 0.29) is 11.1 Å². The molecule has 1 unspecified atom stereocenters. The van der Waals surface area contributed by atoms with Gasteiger partial charge in [-0.15, -0.1) is 0 Å². The van der Waals surface area contributed by atoms with Gasteiger partial charge in [-0.05, 0) is 66.6 Å². The predicted molar refractivity (Wildman–Crippen MR) is 78.5 cm³/mol. The Morgan fingerprint density at radius 2 is 1.83 bits per heavy atom. The molecule has 0 aromatic carbocycles. The van der Waals surface area contributed by atoms with Crippen LogP contribution in [0.5, 0.6) is 0 Å². The molecule has 0 aliphatic rings. The Kier molecular flexibility index (Phi) is 7.51. The van der Waals surface area contributed by atoms with Gasteiger partial charge in [0.2, 0.25) is 0 Å². The average molecular weight is 253 g/mol. The zero-order chi connectivity index (χ0) is 14.2. The summed E-state index contributed by atoms with van der Waals surface area (Å²) in [5.74, 6) is 0. The first-order chi connectivity index (χ1) is 8.31. The van der Waals surface area contributed by atoms with Gasteiger partial charge in [0.25, 0.3) is 0 Å². The van der Waals surface area contributed by atoms with Crippen LogP contribution in [-0.2, 0) is 0 Å². The highest BCUT2D eigenvalue weighted by Gasteiger charge is 2.24. The maximum Gasteiger partial charge on any atom is 0.103 e. The highest BCUT2D eigenvalue weighted by Crippen LogP contribution is 2.18. The summed E-state index contributed by atoms with van der Waals surface area (Å²) in [6, 6.07) is 2.41. The Morgan fingerprint density at radius 1 is 1.22 bits per heavy atom. The molecule has 0 radical (unpaired) electrons. The first-order valence-electron chi connectivity index (χ1n) is 7.19. The quantitative estimate of drug-likeness (QED) is 0.686. The summed E-state index contributed by atoms with van der Waals surface area (Å²) in [6.45, 7) is 12.9. The molecule has 0 aliphatic carbocycles. The molecule has 1 N–H and O–H groups in total. The molecule has 1 atom stereocenters. The number of nitrogens with zero attached hydrogens (tertiary/aromatic N) is 2. The second-order valence-corrected chi connectivity index (χ2v) is 6.06. The van der Waals surface area contributed by atoms with Crippen LogP contribution in [0, 0.1) is 11.3 Å². The fourth-order valence-corrected chi connectivity index (χ4v) is 1.83. The molecule has 0 bridgehead atoms. The standard InChI is InChI=1S/C15H31N3/c1-7-11-17-15(5,13-16)10-9-12-18(6)14(3,4)8-2/h17H,7-12H2,1-6H3. The minimum Gasteiger partial charge on any atom is -0.301 e. The number of rotatable bonds is 9. The van der Waals surface area contributed by atoms with Gasteiger partial charge in [0, 0.05) is 5.54 Å². The molecule has 0 rings (SSSR count). The second-order valence-electron chi connectivity index (χ2n) is 6.06. The number of hydrogen-bond acceptors (Lipinski definition) is 3. The Labute approximate surface area is 114 Å². The van der Waals surface area contributed by atoms with E-state index in [0.29, 0.717) is 0 Å². The van der Waals surface area contributed by atoms with Crippen LogP contribution in [0.1, 0.15) is 60.3 Å². The summed E-state index contributed by atoms with van der Waals surface area (Å²) in [7, 11) is 2.17. The monoisotopic (exact) mass is 253 g/mol. The molecule has 3 nitrogen and oxygen atoms in total. The molecule has 3 heteroatoms. The normalized spacial score (nSPS) is 15.4. The third kappa shape index (κ3) is 5.84. The lowest BCUT2D eigenvalue weighted by atomic mass is 9.95. The van der Waals surface area contributed by atoms with Crippen molar-refractivity contribution in [2.45, 2.75) is 71.4 Å². The Balaban J connectivity index is 4.13. The Hall–Kier alpha value is -0.590. The van der Waals surface area contributed by atoms with E-state index in [4.69, 9.17) is 0 Å². The van der Waals surface area contributed by atoms with Gasteiger partial charge in [-0.3, -0.25) is 5.32 Å².